The number of nitrogens with one attached hydrogen (secondary N) is 5. The summed E-state index contributed by atoms with van der Waals surface area (Å²) in [7, 11) is -4.45. The highest BCUT2D eigenvalue weighted by molar-refractivity contribution is 7.91. The number of carboxylic acid groups (broad SMARTS) is 1. The molecule has 0 aliphatic carbocycles. The molecule has 2 aliphatic heterocycles. The van der Waals surface area contributed by atoms with E-state index in [0.717, 1.165) is 71.6 Å². The largest absolute Gasteiger partial charge is 0.480 e. The molecule has 0 spiro atoms. The molecule has 16 heteroatoms. The second-order valence-electron chi connectivity index (χ2n) is 11.4. The topological polar surface area (TPSA) is 199 Å². The summed E-state index contributed by atoms with van der Waals surface area (Å²) in [5.41, 5.74) is 0.0651. The van der Waals surface area contributed by atoms with Crippen LogP contribution in [0.5, 0.6) is 0 Å². The molecule has 2 saturated heterocycles. The fourth-order valence-corrected chi connectivity index (χ4v) is 8.05. The maximum Gasteiger partial charge on any atom is 0.327 e. The lowest BCUT2D eigenvalue weighted by Gasteiger charge is -2.28. The summed E-state index contributed by atoms with van der Waals surface area (Å²) in [6, 6.07) is -1.57. The Morgan fingerprint density at radius 1 is 1.02 bits per heavy atom. The summed E-state index contributed by atoms with van der Waals surface area (Å²) < 4.78 is 26.1. The van der Waals surface area contributed by atoms with Crippen LogP contribution in [0.2, 0.25) is 0 Å². The second kappa shape index (κ2) is 16.4. The molecule has 1 aromatic heterocycles. The quantitative estimate of drug-likeness (QED) is 0.151. The van der Waals surface area contributed by atoms with Crippen LogP contribution in [0.3, 0.4) is 0 Å². The van der Waals surface area contributed by atoms with E-state index in [1.165, 1.54) is 13.8 Å². The SMILES string of the molecule is CC(=O)Nc1nc(C)c(S(=O)(=O)NN(C(=O)CNC(=O)C(CCC2CCNCC2)CCC2CCNCC2)C(C)C(=O)O)s1. The van der Waals surface area contributed by atoms with Crippen LogP contribution in [-0.2, 0) is 29.2 Å². The number of carboxylic acids is 1. The van der Waals surface area contributed by atoms with E-state index in [-0.39, 0.29) is 26.9 Å². The van der Waals surface area contributed by atoms with Crippen LogP contribution in [0.4, 0.5) is 5.13 Å². The number of anilines is 1. The Labute approximate surface area is 257 Å². The zero-order chi connectivity index (χ0) is 31.6. The van der Waals surface area contributed by atoms with Gasteiger partial charge in [-0.3, -0.25) is 14.4 Å². The third-order valence-electron chi connectivity index (χ3n) is 8.06. The third-order valence-corrected chi connectivity index (χ3v) is 11.1. The van der Waals surface area contributed by atoms with Crippen LogP contribution in [0, 0.1) is 24.7 Å². The molecule has 1 unspecified atom stereocenters. The van der Waals surface area contributed by atoms with Crippen molar-refractivity contribution in [2.45, 2.75) is 82.4 Å². The van der Waals surface area contributed by atoms with E-state index in [1.807, 2.05) is 0 Å². The van der Waals surface area contributed by atoms with Crippen molar-refractivity contribution in [3.63, 3.8) is 0 Å². The first-order chi connectivity index (χ1) is 20.4. The molecule has 14 nitrogen and oxygen atoms in total. The Morgan fingerprint density at radius 3 is 2.05 bits per heavy atom. The smallest absolute Gasteiger partial charge is 0.327 e. The van der Waals surface area contributed by atoms with E-state index >= 15 is 0 Å². The van der Waals surface area contributed by atoms with Crippen LogP contribution in [0.1, 0.15) is 70.9 Å². The van der Waals surface area contributed by atoms with Gasteiger partial charge in [0, 0.05) is 12.8 Å². The average Bonchev–Trinajstić information content (AvgIpc) is 3.35. The zero-order valence-electron chi connectivity index (χ0n) is 25.1. The molecule has 43 heavy (non-hydrogen) atoms. The van der Waals surface area contributed by atoms with Gasteiger partial charge < -0.3 is 26.4 Å². The first kappa shape index (κ1) is 34.8. The highest BCUT2D eigenvalue weighted by Gasteiger charge is 2.33. The van der Waals surface area contributed by atoms with Crippen molar-refractivity contribution >= 4 is 50.2 Å². The van der Waals surface area contributed by atoms with Crippen LogP contribution < -0.4 is 26.1 Å². The first-order valence-electron chi connectivity index (χ1n) is 14.9. The number of thiazole rings is 1. The normalized spacial score (nSPS) is 17.4. The highest BCUT2D eigenvalue weighted by Crippen LogP contribution is 2.28. The lowest BCUT2D eigenvalue weighted by molar-refractivity contribution is -0.150. The maximum absolute atomic E-state index is 13.4. The number of hydrogen-bond donors (Lipinski definition) is 6. The molecule has 0 radical (unpaired) electrons. The van der Waals surface area contributed by atoms with Crippen LogP contribution in [0.25, 0.3) is 0 Å². The molecule has 3 heterocycles. The minimum Gasteiger partial charge on any atom is -0.480 e. The van der Waals surface area contributed by atoms with E-state index in [9.17, 15) is 32.7 Å². The number of sulfonamides is 1. The van der Waals surface area contributed by atoms with Crippen molar-refractivity contribution in [1.82, 2.24) is 30.8 Å². The van der Waals surface area contributed by atoms with Gasteiger partial charge >= 0.3 is 5.97 Å². The minimum atomic E-state index is -4.45. The molecule has 2 fully saturated rings. The van der Waals surface area contributed by atoms with Gasteiger partial charge in [0.25, 0.3) is 15.9 Å². The van der Waals surface area contributed by atoms with Gasteiger partial charge in [-0.05, 0) is 103 Å². The lowest BCUT2D eigenvalue weighted by atomic mass is 9.84. The number of hydrogen-bond acceptors (Lipinski definition) is 10. The molecule has 1 atom stereocenters. The summed E-state index contributed by atoms with van der Waals surface area (Å²) in [6.07, 6.45) is 7.47. The Bertz CT molecular complexity index is 1210. The molecule has 0 bridgehead atoms. The Morgan fingerprint density at radius 2 is 1.56 bits per heavy atom. The number of amides is 3. The van der Waals surface area contributed by atoms with E-state index in [0.29, 0.717) is 41.0 Å². The van der Waals surface area contributed by atoms with Crippen LogP contribution >= 0.6 is 11.3 Å². The van der Waals surface area contributed by atoms with Gasteiger partial charge in [-0.25, -0.2) is 23.2 Å². The standard InChI is InChI=1S/C27H45N7O7S2/c1-17-26(42-27(31-17)32-19(3)35)43(40,41)33-34(18(2)25(38)39)23(36)16-30-24(37)22(6-4-20-8-12-28-13-9-20)7-5-21-10-14-29-15-11-21/h18,20-22,28-29,33H,4-16H2,1-3H3,(H,30,37)(H,38,39)(H,31,32,35). The summed E-state index contributed by atoms with van der Waals surface area (Å²) in [5.74, 6) is -2.32. The summed E-state index contributed by atoms with van der Waals surface area (Å²) in [6.45, 7) is 7.11. The predicted octanol–water partition coefficient (Wildman–Crippen LogP) is 1.20. The molecule has 242 valence electrons. The number of aromatic nitrogens is 1. The Kier molecular flexibility index (Phi) is 13.3. The molecule has 0 aromatic carbocycles. The molecule has 0 saturated carbocycles. The Hall–Kier alpha value is -2.66. The summed E-state index contributed by atoms with van der Waals surface area (Å²) >= 11 is 0.668. The van der Waals surface area contributed by atoms with Crippen molar-refractivity contribution in [2.75, 3.05) is 38.0 Å². The molecular weight excluding hydrogens is 598 g/mol. The van der Waals surface area contributed by atoms with E-state index in [2.05, 4.69) is 31.1 Å². The van der Waals surface area contributed by atoms with E-state index < -0.39 is 40.4 Å². The van der Waals surface area contributed by atoms with Gasteiger partial charge in [-0.15, -0.1) is 4.83 Å². The van der Waals surface area contributed by atoms with Crippen LogP contribution in [-0.4, -0.2) is 86.0 Å². The molecule has 3 rings (SSSR count). The fraction of sp³-hybridized carbons (Fsp3) is 0.741. The van der Waals surface area contributed by atoms with Crippen molar-refractivity contribution in [3.05, 3.63) is 5.69 Å². The number of aryl methyl sites for hydroxylation is 1. The fourth-order valence-electron chi connectivity index (χ4n) is 5.48. The van der Waals surface area contributed by atoms with Gasteiger partial charge in [0.05, 0.1) is 12.2 Å². The number of aliphatic carboxylic acids is 1. The first-order valence-corrected chi connectivity index (χ1v) is 17.2. The van der Waals surface area contributed by atoms with E-state index in [1.54, 1.807) is 0 Å². The number of nitrogens with zero attached hydrogens (tertiary/aromatic N) is 2. The number of rotatable bonds is 15. The van der Waals surface area contributed by atoms with Crippen molar-refractivity contribution in [2.24, 2.45) is 17.8 Å². The number of hydrazine groups is 1. The van der Waals surface area contributed by atoms with Gasteiger partial charge in [0.1, 0.15) is 6.04 Å². The summed E-state index contributed by atoms with van der Waals surface area (Å²) in [4.78, 5) is 55.8. The zero-order valence-corrected chi connectivity index (χ0v) is 26.7. The van der Waals surface area contributed by atoms with Crippen molar-refractivity contribution in [3.8, 4) is 0 Å². The predicted molar refractivity (Wildman–Crippen MR) is 162 cm³/mol. The Balaban J connectivity index is 1.68. The average molecular weight is 644 g/mol. The maximum atomic E-state index is 13.4. The highest BCUT2D eigenvalue weighted by atomic mass is 32.2. The number of piperidine rings is 2. The van der Waals surface area contributed by atoms with E-state index in [4.69, 9.17) is 0 Å². The lowest BCUT2D eigenvalue weighted by Crippen LogP contribution is -2.56. The van der Waals surface area contributed by atoms with Gasteiger partial charge in [-0.2, -0.15) is 0 Å². The summed E-state index contributed by atoms with van der Waals surface area (Å²) in [5, 5.41) is 21.9. The van der Waals surface area contributed by atoms with Gasteiger partial charge in [0.15, 0.2) is 9.34 Å². The third kappa shape index (κ3) is 10.8. The van der Waals surface area contributed by atoms with Gasteiger partial charge in [-0.1, -0.05) is 11.3 Å². The molecule has 2 aliphatic rings. The van der Waals surface area contributed by atoms with Crippen molar-refractivity contribution < 1.29 is 32.7 Å². The number of carbonyl (C=O) groups is 4. The monoisotopic (exact) mass is 643 g/mol. The minimum absolute atomic E-state index is 0.0434. The molecule has 1 aromatic rings. The molecule has 6 N–H and O–H groups in total. The molecular formula is C27H45N7O7S2. The number of carbonyl (C=O) groups excluding carboxylic acids is 3. The van der Waals surface area contributed by atoms with Crippen LogP contribution in [0.15, 0.2) is 4.21 Å². The molecule has 3 amide bonds. The van der Waals surface area contributed by atoms with Crippen molar-refractivity contribution in [1.29, 1.82) is 0 Å². The van der Waals surface area contributed by atoms with Gasteiger partial charge in [0.2, 0.25) is 11.8 Å². The second-order valence-corrected chi connectivity index (χ2v) is 14.3.